The van der Waals surface area contributed by atoms with Crippen molar-refractivity contribution in [2.24, 2.45) is 5.14 Å². The fourth-order valence-electron chi connectivity index (χ4n) is 1.69. The van der Waals surface area contributed by atoms with Gasteiger partial charge in [0.15, 0.2) is 6.61 Å². The quantitative estimate of drug-likeness (QED) is 0.789. The van der Waals surface area contributed by atoms with E-state index in [0.717, 1.165) is 16.2 Å². The monoisotopic (exact) mass is 340 g/mol. The summed E-state index contributed by atoms with van der Waals surface area (Å²) in [6.07, 6.45) is 0.539. The normalized spacial score (nSPS) is 11.1. The van der Waals surface area contributed by atoms with Crippen LogP contribution in [0.25, 0.3) is 0 Å². The number of rotatable bonds is 7. The van der Waals surface area contributed by atoms with E-state index in [-0.39, 0.29) is 16.7 Å². The van der Waals surface area contributed by atoms with Crippen molar-refractivity contribution in [2.45, 2.75) is 10.6 Å². The molecule has 0 saturated heterocycles. The average Bonchev–Trinajstić information content (AvgIpc) is 2.95. The molecule has 6 nitrogen and oxygen atoms in total. The molecule has 0 unspecified atom stereocenters. The molecular formula is C14H16N2O4S2. The molecule has 0 aliphatic carbocycles. The summed E-state index contributed by atoms with van der Waals surface area (Å²) in [4.78, 5) is 12.5. The van der Waals surface area contributed by atoms with Crippen LogP contribution >= 0.6 is 11.3 Å². The first-order valence-electron chi connectivity index (χ1n) is 6.51. The standard InChI is InChI=1S/C14H16N2O4S2/c15-22(18,19)14-7-6-12(21-14)8-9-16-13(17)10-20-11-4-2-1-3-5-11/h1-7H,8-10H2,(H,16,17)(H2,15,18,19). The lowest BCUT2D eigenvalue weighted by molar-refractivity contribution is -0.123. The summed E-state index contributed by atoms with van der Waals surface area (Å²) in [5.41, 5.74) is 0. The lowest BCUT2D eigenvalue weighted by Crippen LogP contribution is -2.30. The van der Waals surface area contributed by atoms with Gasteiger partial charge in [-0.3, -0.25) is 4.79 Å². The number of amides is 1. The second kappa shape index (κ2) is 7.39. The van der Waals surface area contributed by atoms with Crippen LogP contribution in [-0.2, 0) is 21.2 Å². The van der Waals surface area contributed by atoms with Crippen molar-refractivity contribution in [2.75, 3.05) is 13.2 Å². The van der Waals surface area contributed by atoms with Crippen molar-refractivity contribution in [3.8, 4) is 5.75 Å². The molecule has 118 valence electrons. The number of carbonyl (C=O) groups excluding carboxylic acids is 1. The number of hydrogen-bond acceptors (Lipinski definition) is 5. The number of benzene rings is 1. The predicted molar refractivity (Wildman–Crippen MR) is 84.3 cm³/mol. The van der Waals surface area contributed by atoms with Crippen LogP contribution in [-0.4, -0.2) is 27.5 Å². The number of ether oxygens (including phenoxy) is 1. The number of nitrogens with two attached hydrogens (primary N) is 1. The molecule has 1 aromatic heterocycles. The van der Waals surface area contributed by atoms with Crippen LogP contribution < -0.4 is 15.2 Å². The molecule has 0 aliphatic heterocycles. The minimum Gasteiger partial charge on any atom is -0.484 e. The molecule has 0 aliphatic rings. The van der Waals surface area contributed by atoms with E-state index >= 15 is 0 Å². The number of para-hydroxylation sites is 1. The molecule has 0 saturated carbocycles. The van der Waals surface area contributed by atoms with Gasteiger partial charge in [0.25, 0.3) is 5.91 Å². The summed E-state index contributed by atoms with van der Waals surface area (Å²) in [5.74, 6) is 0.404. The fraction of sp³-hybridized carbons (Fsp3) is 0.214. The zero-order valence-electron chi connectivity index (χ0n) is 11.7. The van der Waals surface area contributed by atoms with Crippen LogP contribution in [0, 0.1) is 0 Å². The van der Waals surface area contributed by atoms with E-state index in [9.17, 15) is 13.2 Å². The largest absolute Gasteiger partial charge is 0.484 e. The highest BCUT2D eigenvalue weighted by Gasteiger charge is 2.11. The first kappa shape index (κ1) is 16.5. The van der Waals surface area contributed by atoms with E-state index in [4.69, 9.17) is 9.88 Å². The number of nitrogens with one attached hydrogen (secondary N) is 1. The highest BCUT2D eigenvalue weighted by Crippen LogP contribution is 2.20. The minimum atomic E-state index is -3.65. The van der Waals surface area contributed by atoms with Crippen molar-refractivity contribution in [3.63, 3.8) is 0 Å². The van der Waals surface area contributed by atoms with E-state index in [1.165, 1.54) is 6.07 Å². The number of hydrogen-bond donors (Lipinski definition) is 2. The Bertz CT molecular complexity index is 726. The maximum atomic E-state index is 11.6. The summed E-state index contributed by atoms with van der Waals surface area (Å²) in [6, 6.07) is 12.2. The van der Waals surface area contributed by atoms with Crippen LogP contribution in [0.2, 0.25) is 0 Å². The fourth-order valence-corrected chi connectivity index (χ4v) is 3.47. The molecular weight excluding hydrogens is 324 g/mol. The summed E-state index contributed by atoms with van der Waals surface area (Å²) >= 11 is 1.11. The predicted octanol–water partition coefficient (Wildman–Crippen LogP) is 1.13. The molecule has 8 heteroatoms. The van der Waals surface area contributed by atoms with E-state index in [1.54, 1.807) is 18.2 Å². The second-order valence-corrected chi connectivity index (χ2v) is 7.42. The molecule has 2 rings (SSSR count). The van der Waals surface area contributed by atoms with E-state index in [1.807, 2.05) is 18.2 Å². The van der Waals surface area contributed by atoms with Crippen molar-refractivity contribution in [1.29, 1.82) is 0 Å². The molecule has 0 spiro atoms. The van der Waals surface area contributed by atoms with Gasteiger partial charge in [0.1, 0.15) is 9.96 Å². The molecule has 1 aromatic carbocycles. The van der Waals surface area contributed by atoms with Crippen LogP contribution in [0.15, 0.2) is 46.7 Å². The van der Waals surface area contributed by atoms with Crippen molar-refractivity contribution in [3.05, 3.63) is 47.3 Å². The SMILES string of the molecule is NS(=O)(=O)c1ccc(CCNC(=O)COc2ccccc2)s1. The first-order chi connectivity index (χ1) is 10.4. The maximum absolute atomic E-state index is 11.6. The molecule has 0 fully saturated rings. The number of sulfonamides is 1. The summed E-state index contributed by atoms with van der Waals surface area (Å²) in [5, 5.41) is 7.75. The Morgan fingerprint density at radius 3 is 2.55 bits per heavy atom. The van der Waals surface area contributed by atoms with Gasteiger partial charge >= 0.3 is 0 Å². The van der Waals surface area contributed by atoms with Gasteiger partial charge < -0.3 is 10.1 Å². The first-order valence-corrected chi connectivity index (χ1v) is 8.87. The van der Waals surface area contributed by atoms with Crippen LogP contribution in [0.4, 0.5) is 0 Å². The number of carbonyl (C=O) groups is 1. The van der Waals surface area contributed by atoms with Crippen LogP contribution in [0.1, 0.15) is 4.88 Å². The molecule has 1 amide bonds. The smallest absolute Gasteiger partial charge is 0.257 e. The lowest BCUT2D eigenvalue weighted by atomic mass is 10.3. The van der Waals surface area contributed by atoms with Gasteiger partial charge in [-0.1, -0.05) is 18.2 Å². The van der Waals surface area contributed by atoms with Gasteiger partial charge in [-0.15, -0.1) is 11.3 Å². The third kappa shape index (κ3) is 5.14. The molecule has 2 aromatic rings. The van der Waals surface area contributed by atoms with Crippen molar-refractivity contribution in [1.82, 2.24) is 5.32 Å². The molecule has 0 atom stereocenters. The summed E-state index contributed by atoms with van der Waals surface area (Å²) in [7, 11) is -3.65. The number of primary sulfonamides is 1. The molecule has 1 heterocycles. The van der Waals surface area contributed by atoms with Gasteiger partial charge in [-0.25, -0.2) is 13.6 Å². The van der Waals surface area contributed by atoms with E-state index in [0.29, 0.717) is 18.7 Å². The molecule has 3 N–H and O–H groups in total. The third-order valence-corrected chi connectivity index (χ3v) is 5.31. The zero-order chi connectivity index (χ0) is 16.0. The third-order valence-electron chi connectivity index (χ3n) is 2.72. The topological polar surface area (TPSA) is 98.5 Å². The molecule has 0 radical (unpaired) electrons. The minimum absolute atomic E-state index is 0.0586. The molecule has 0 bridgehead atoms. The second-order valence-electron chi connectivity index (χ2n) is 4.47. The Morgan fingerprint density at radius 1 is 1.18 bits per heavy atom. The van der Waals surface area contributed by atoms with Gasteiger partial charge in [-0.2, -0.15) is 0 Å². The van der Waals surface area contributed by atoms with Crippen molar-refractivity contribution >= 4 is 27.3 Å². The maximum Gasteiger partial charge on any atom is 0.257 e. The lowest BCUT2D eigenvalue weighted by Gasteiger charge is -2.06. The Morgan fingerprint density at radius 2 is 1.91 bits per heavy atom. The average molecular weight is 340 g/mol. The van der Waals surface area contributed by atoms with E-state index < -0.39 is 10.0 Å². The Hall–Kier alpha value is -1.90. The zero-order valence-corrected chi connectivity index (χ0v) is 13.3. The van der Waals surface area contributed by atoms with Gasteiger partial charge in [-0.05, 0) is 30.7 Å². The highest BCUT2D eigenvalue weighted by atomic mass is 32.2. The number of thiophene rings is 1. The summed E-state index contributed by atoms with van der Waals surface area (Å²) < 4.78 is 27.7. The van der Waals surface area contributed by atoms with Gasteiger partial charge in [0.2, 0.25) is 10.0 Å². The Kier molecular flexibility index (Phi) is 5.53. The van der Waals surface area contributed by atoms with Crippen LogP contribution in [0.5, 0.6) is 5.75 Å². The summed E-state index contributed by atoms with van der Waals surface area (Å²) in [6.45, 7) is 0.346. The van der Waals surface area contributed by atoms with Gasteiger partial charge in [0.05, 0.1) is 0 Å². The van der Waals surface area contributed by atoms with Crippen LogP contribution in [0.3, 0.4) is 0 Å². The highest BCUT2D eigenvalue weighted by molar-refractivity contribution is 7.91. The van der Waals surface area contributed by atoms with Gasteiger partial charge in [0, 0.05) is 11.4 Å². The van der Waals surface area contributed by atoms with E-state index in [2.05, 4.69) is 5.32 Å². The van der Waals surface area contributed by atoms with Crippen molar-refractivity contribution < 1.29 is 17.9 Å². The Balaban J connectivity index is 1.72. The Labute approximate surface area is 133 Å². The molecule has 22 heavy (non-hydrogen) atoms.